The number of rotatable bonds is 6. The third-order valence-corrected chi connectivity index (χ3v) is 3.31. The van der Waals surface area contributed by atoms with Crippen LogP contribution in [0.15, 0.2) is 30.3 Å². The van der Waals surface area contributed by atoms with Crippen LogP contribution in [0, 0.1) is 0 Å². The molecule has 0 bridgehead atoms. The van der Waals surface area contributed by atoms with Crippen LogP contribution in [0.25, 0.3) is 0 Å². The Labute approximate surface area is 107 Å². The van der Waals surface area contributed by atoms with E-state index in [2.05, 4.69) is 0 Å². The SMILES string of the molecule is COC1C(Cl)CC1OCCOc1ccccc1. The Kier molecular flexibility index (Phi) is 4.66. The van der Waals surface area contributed by atoms with Gasteiger partial charge in [-0.2, -0.15) is 0 Å². The molecule has 1 fully saturated rings. The summed E-state index contributed by atoms with van der Waals surface area (Å²) in [7, 11) is 1.66. The van der Waals surface area contributed by atoms with Gasteiger partial charge in [0.15, 0.2) is 0 Å². The number of halogens is 1. The molecule has 3 atom stereocenters. The van der Waals surface area contributed by atoms with E-state index < -0.39 is 0 Å². The lowest BCUT2D eigenvalue weighted by Gasteiger charge is -2.39. The van der Waals surface area contributed by atoms with E-state index in [1.807, 2.05) is 30.3 Å². The highest BCUT2D eigenvalue weighted by Gasteiger charge is 2.40. The van der Waals surface area contributed by atoms with E-state index in [9.17, 15) is 0 Å². The first-order valence-corrected chi connectivity index (χ1v) is 6.21. The zero-order chi connectivity index (χ0) is 12.1. The van der Waals surface area contributed by atoms with Crippen molar-refractivity contribution in [3.05, 3.63) is 30.3 Å². The van der Waals surface area contributed by atoms with E-state index in [1.54, 1.807) is 7.11 Å². The van der Waals surface area contributed by atoms with Crippen molar-refractivity contribution in [2.45, 2.75) is 24.0 Å². The minimum Gasteiger partial charge on any atom is -0.491 e. The monoisotopic (exact) mass is 256 g/mol. The van der Waals surface area contributed by atoms with Gasteiger partial charge in [-0.05, 0) is 18.6 Å². The topological polar surface area (TPSA) is 27.7 Å². The Balaban J connectivity index is 1.61. The number of alkyl halides is 1. The van der Waals surface area contributed by atoms with Gasteiger partial charge in [0.05, 0.1) is 24.2 Å². The maximum Gasteiger partial charge on any atom is 0.119 e. The Hall–Kier alpha value is -0.770. The van der Waals surface area contributed by atoms with Gasteiger partial charge < -0.3 is 14.2 Å². The summed E-state index contributed by atoms with van der Waals surface area (Å²) < 4.78 is 16.4. The van der Waals surface area contributed by atoms with Gasteiger partial charge in [0.25, 0.3) is 0 Å². The molecule has 0 aromatic heterocycles. The van der Waals surface area contributed by atoms with Crippen molar-refractivity contribution in [1.82, 2.24) is 0 Å². The fourth-order valence-electron chi connectivity index (χ4n) is 1.87. The van der Waals surface area contributed by atoms with Crippen LogP contribution in [0.3, 0.4) is 0 Å². The fourth-order valence-corrected chi connectivity index (χ4v) is 2.31. The summed E-state index contributed by atoms with van der Waals surface area (Å²) >= 11 is 5.98. The van der Waals surface area contributed by atoms with Crippen molar-refractivity contribution in [2.24, 2.45) is 0 Å². The predicted octanol–water partition coefficient (Wildman–Crippen LogP) is 2.48. The molecule has 0 amide bonds. The first-order chi connectivity index (χ1) is 8.31. The number of benzene rings is 1. The molecule has 3 unspecified atom stereocenters. The zero-order valence-corrected chi connectivity index (χ0v) is 10.6. The van der Waals surface area contributed by atoms with Crippen molar-refractivity contribution < 1.29 is 14.2 Å². The van der Waals surface area contributed by atoms with Crippen LogP contribution in [-0.2, 0) is 9.47 Å². The van der Waals surface area contributed by atoms with E-state index in [-0.39, 0.29) is 17.6 Å². The quantitative estimate of drug-likeness (QED) is 0.578. The normalized spacial score (nSPS) is 27.5. The summed E-state index contributed by atoms with van der Waals surface area (Å²) in [5, 5.41) is 0.0834. The van der Waals surface area contributed by atoms with Crippen LogP contribution >= 0.6 is 11.6 Å². The second-order valence-electron chi connectivity index (χ2n) is 4.02. The lowest BCUT2D eigenvalue weighted by Crippen LogP contribution is -2.50. The van der Waals surface area contributed by atoms with Gasteiger partial charge in [-0.3, -0.25) is 0 Å². The van der Waals surface area contributed by atoms with E-state index >= 15 is 0 Å². The van der Waals surface area contributed by atoms with Gasteiger partial charge in [0, 0.05) is 7.11 Å². The van der Waals surface area contributed by atoms with Gasteiger partial charge >= 0.3 is 0 Å². The molecule has 1 aromatic rings. The molecule has 1 aromatic carbocycles. The Morgan fingerprint density at radius 2 is 2.00 bits per heavy atom. The molecule has 0 heterocycles. The predicted molar refractivity (Wildman–Crippen MR) is 66.7 cm³/mol. The molecule has 94 valence electrons. The van der Waals surface area contributed by atoms with Gasteiger partial charge in [-0.1, -0.05) is 18.2 Å². The lowest BCUT2D eigenvalue weighted by atomic mass is 9.91. The Morgan fingerprint density at radius 3 is 2.65 bits per heavy atom. The molecule has 0 radical (unpaired) electrons. The Morgan fingerprint density at radius 1 is 1.24 bits per heavy atom. The number of ether oxygens (including phenoxy) is 3. The molecular formula is C13H17ClO3. The molecule has 1 saturated carbocycles. The standard InChI is InChI=1S/C13H17ClO3/c1-15-13-11(14)9-12(13)17-8-7-16-10-5-3-2-4-6-10/h2-6,11-13H,7-9H2,1H3. The summed E-state index contributed by atoms with van der Waals surface area (Å²) in [5.74, 6) is 0.864. The molecular weight excluding hydrogens is 240 g/mol. The fraction of sp³-hybridized carbons (Fsp3) is 0.538. The highest BCUT2D eigenvalue weighted by molar-refractivity contribution is 6.21. The maximum atomic E-state index is 5.98. The minimum atomic E-state index is 0.0217. The van der Waals surface area contributed by atoms with Crippen LogP contribution in [0.4, 0.5) is 0 Å². The van der Waals surface area contributed by atoms with Gasteiger partial charge in [0.2, 0.25) is 0 Å². The van der Waals surface area contributed by atoms with Crippen molar-refractivity contribution in [1.29, 1.82) is 0 Å². The molecule has 0 N–H and O–H groups in total. The first-order valence-electron chi connectivity index (χ1n) is 5.77. The van der Waals surface area contributed by atoms with Gasteiger partial charge in [-0.25, -0.2) is 0 Å². The van der Waals surface area contributed by atoms with Crippen LogP contribution in [0.5, 0.6) is 5.75 Å². The molecule has 2 rings (SSSR count). The number of hydrogen-bond acceptors (Lipinski definition) is 3. The average Bonchev–Trinajstić information content (AvgIpc) is 2.34. The summed E-state index contributed by atoms with van der Waals surface area (Å²) in [6.07, 6.45) is 0.987. The second-order valence-corrected chi connectivity index (χ2v) is 4.58. The highest BCUT2D eigenvalue weighted by atomic mass is 35.5. The summed E-state index contributed by atoms with van der Waals surface area (Å²) in [6, 6.07) is 9.70. The van der Waals surface area contributed by atoms with Crippen LogP contribution in [0.2, 0.25) is 0 Å². The molecule has 0 saturated heterocycles. The third-order valence-electron chi connectivity index (χ3n) is 2.88. The van der Waals surface area contributed by atoms with Crippen molar-refractivity contribution >= 4 is 11.6 Å². The largest absolute Gasteiger partial charge is 0.491 e. The smallest absolute Gasteiger partial charge is 0.119 e. The van der Waals surface area contributed by atoms with Gasteiger partial charge in [-0.15, -0.1) is 11.6 Å². The number of hydrogen-bond donors (Lipinski definition) is 0. The highest BCUT2D eigenvalue weighted by Crippen LogP contribution is 2.31. The van der Waals surface area contributed by atoms with Crippen LogP contribution in [-0.4, -0.2) is 37.9 Å². The van der Waals surface area contributed by atoms with E-state index in [0.29, 0.717) is 13.2 Å². The summed E-state index contributed by atoms with van der Waals surface area (Å²) in [5.41, 5.74) is 0. The molecule has 3 nitrogen and oxygen atoms in total. The molecule has 17 heavy (non-hydrogen) atoms. The molecule has 4 heteroatoms. The molecule has 0 spiro atoms. The van der Waals surface area contributed by atoms with Crippen LogP contribution < -0.4 is 4.74 Å². The average molecular weight is 257 g/mol. The lowest BCUT2D eigenvalue weighted by molar-refractivity contribution is -0.113. The third kappa shape index (κ3) is 3.35. The maximum absolute atomic E-state index is 5.98. The summed E-state index contributed by atoms with van der Waals surface area (Å²) in [4.78, 5) is 0. The molecule has 1 aliphatic carbocycles. The van der Waals surface area contributed by atoms with Crippen molar-refractivity contribution in [3.63, 3.8) is 0 Å². The zero-order valence-electron chi connectivity index (χ0n) is 9.84. The van der Waals surface area contributed by atoms with Crippen molar-refractivity contribution in [2.75, 3.05) is 20.3 Å². The summed E-state index contributed by atoms with van der Waals surface area (Å²) in [6.45, 7) is 1.10. The van der Waals surface area contributed by atoms with Gasteiger partial charge in [0.1, 0.15) is 12.4 Å². The van der Waals surface area contributed by atoms with Crippen LogP contribution in [0.1, 0.15) is 6.42 Å². The number of methoxy groups -OCH3 is 1. The number of para-hydroxylation sites is 1. The first kappa shape index (κ1) is 12.7. The van der Waals surface area contributed by atoms with E-state index in [0.717, 1.165) is 12.2 Å². The minimum absolute atomic E-state index is 0.0217. The van der Waals surface area contributed by atoms with Crippen molar-refractivity contribution in [3.8, 4) is 5.75 Å². The van der Waals surface area contributed by atoms with E-state index in [1.165, 1.54) is 0 Å². The molecule has 1 aliphatic rings. The Bertz CT molecular complexity index is 331. The molecule has 0 aliphatic heterocycles. The van der Waals surface area contributed by atoms with E-state index in [4.69, 9.17) is 25.8 Å². The second kappa shape index (κ2) is 6.24.